The predicted molar refractivity (Wildman–Crippen MR) is 136 cm³/mol. The molecule has 0 spiro atoms. The molecule has 0 aromatic rings. The molecule has 2 rings (SSSR count). The smallest absolute Gasteiger partial charge is 0.152 e. The van der Waals surface area contributed by atoms with Gasteiger partial charge in [0.25, 0.3) is 0 Å². The van der Waals surface area contributed by atoms with Gasteiger partial charge in [-0.3, -0.25) is 24.6 Å². The summed E-state index contributed by atoms with van der Waals surface area (Å²) in [5, 5.41) is 12.0. The molecule has 0 aromatic heterocycles. The molecule has 10 heteroatoms. The lowest BCUT2D eigenvalue weighted by Gasteiger charge is -2.31. The second-order valence-corrected chi connectivity index (χ2v) is 9.77. The third-order valence-electron chi connectivity index (χ3n) is 7.27. The van der Waals surface area contributed by atoms with Crippen LogP contribution >= 0.6 is 0 Å². The molecule has 8 unspecified atom stereocenters. The summed E-state index contributed by atoms with van der Waals surface area (Å²) in [5.41, 5.74) is 3.39. The van der Waals surface area contributed by atoms with Gasteiger partial charge in [-0.05, 0) is 90.1 Å². The number of nitrogens with one attached hydrogen (secondary N) is 1. The summed E-state index contributed by atoms with van der Waals surface area (Å²) in [6.45, 7) is 20.6. The Hall–Kier alpha value is -1.56. The Labute approximate surface area is 211 Å². The molecule has 0 amide bonds. The van der Waals surface area contributed by atoms with Gasteiger partial charge in [0.15, 0.2) is 17.3 Å². The number of rotatable bonds is 4. The highest BCUT2D eigenvalue weighted by Crippen LogP contribution is 2.32. The van der Waals surface area contributed by atoms with E-state index in [0.29, 0.717) is 0 Å². The van der Waals surface area contributed by atoms with E-state index in [9.17, 15) is 14.4 Å². The SMILES string of the molecule is CC(=O)C(C)(N)C(C)O.CC(=O)C1(C)C(C)OC(C)N1C.CC(=O)C1(C)NC(C)OC1C.CC=O. The van der Waals surface area contributed by atoms with Crippen LogP contribution in [0.3, 0.4) is 0 Å². The largest absolute Gasteiger partial charge is 0.391 e. The fourth-order valence-corrected chi connectivity index (χ4v) is 3.42. The van der Waals surface area contributed by atoms with Crippen LogP contribution in [0.4, 0.5) is 0 Å². The number of hydrogen-bond donors (Lipinski definition) is 3. The average molecular weight is 504 g/mol. The number of aliphatic hydroxyl groups excluding tert-OH is 1. The topological polar surface area (TPSA) is 148 Å². The zero-order valence-electron chi connectivity index (χ0n) is 23.9. The predicted octanol–water partition coefficient (Wildman–Crippen LogP) is 1.60. The van der Waals surface area contributed by atoms with Crippen molar-refractivity contribution in [1.29, 1.82) is 0 Å². The molecule has 2 aliphatic heterocycles. The normalized spacial score (nSPS) is 34.5. The van der Waals surface area contributed by atoms with Crippen molar-refractivity contribution in [1.82, 2.24) is 10.2 Å². The first-order valence-corrected chi connectivity index (χ1v) is 11.9. The lowest BCUT2D eigenvalue weighted by Crippen LogP contribution is -2.52. The van der Waals surface area contributed by atoms with Crippen molar-refractivity contribution in [3.63, 3.8) is 0 Å². The van der Waals surface area contributed by atoms with Crippen LogP contribution in [0.25, 0.3) is 0 Å². The first-order valence-electron chi connectivity index (χ1n) is 11.9. The fraction of sp³-hybridized carbons (Fsp3) is 0.840. The van der Waals surface area contributed by atoms with E-state index in [4.69, 9.17) is 25.1 Å². The molecule has 0 aliphatic carbocycles. The van der Waals surface area contributed by atoms with Gasteiger partial charge in [0.2, 0.25) is 0 Å². The monoisotopic (exact) mass is 503 g/mol. The Morgan fingerprint density at radius 2 is 1.49 bits per heavy atom. The number of carbonyl (C=O) groups is 4. The van der Waals surface area contributed by atoms with Crippen LogP contribution in [-0.4, -0.2) is 88.1 Å². The van der Waals surface area contributed by atoms with Crippen molar-refractivity contribution < 1.29 is 33.8 Å². The summed E-state index contributed by atoms with van der Waals surface area (Å²) < 4.78 is 11.0. The van der Waals surface area contributed by atoms with Crippen molar-refractivity contribution in [3.8, 4) is 0 Å². The molecule has 8 atom stereocenters. The maximum atomic E-state index is 11.4. The quantitative estimate of drug-likeness (QED) is 0.483. The van der Waals surface area contributed by atoms with E-state index in [1.807, 2.05) is 53.5 Å². The van der Waals surface area contributed by atoms with Crippen LogP contribution in [0.15, 0.2) is 0 Å². The molecule has 206 valence electrons. The van der Waals surface area contributed by atoms with Crippen LogP contribution in [0, 0.1) is 0 Å². The number of aldehydes is 1. The Bertz CT molecular complexity index is 728. The second kappa shape index (κ2) is 14.2. The number of nitrogens with zero attached hydrogens (tertiary/aromatic N) is 1. The molecule has 4 N–H and O–H groups in total. The average Bonchev–Trinajstić information content (AvgIpc) is 3.10. The van der Waals surface area contributed by atoms with Crippen LogP contribution in [0.5, 0.6) is 0 Å². The molecule has 0 radical (unpaired) electrons. The van der Waals surface area contributed by atoms with Crippen molar-refractivity contribution in [3.05, 3.63) is 0 Å². The van der Waals surface area contributed by atoms with Gasteiger partial charge in [0.1, 0.15) is 29.8 Å². The van der Waals surface area contributed by atoms with E-state index in [0.717, 1.165) is 6.29 Å². The van der Waals surface area contributed by atoms with Gasteiger partial charge in [0, 0.05) is 0 Å². The minimum Gasteiger partial charge on any atom is -0.391 e. The number of likely N-dealkylation sites (N-methyl/N-ethyl adjacent to an activating group) is 1. The molecule has 35 heavy (non-hydrogen) atoms. The van der Waals surface area contributed by atoms with E-state index in [1.54, 1.807) is 13.8 Å². The Morgan fingerprint density at radius 3 is 1.60 bits per heavy atom. The first-order chi connectivity index (χ1) is 15.7. The van der Waals surface area contributed by atoms with E-state index >= 15 is 0 Å². The van der Waals surface area contributed by atoms with Crippen LogP contribution in [-0.2, 0) is 28.7 Å². The maximum Gasteiger partial charge on any atom is 0.152 e. The van der Waals surface area contributed by atoms with Gasteiger partial charge >= 0.3 is 0 Å². The minimum atomic E-state index is -1.08. The molecule has 0 bridgehead atoms. The number of nitrogens with two attached hydrogens (primary N) is 1. The number of carbonyl (C=O) groups excluding carboxylic acids is 4. The van der Waals surface area contributed by atoms with Crippen molar-refractivity contribution in [2.45, 2.75) is 130 Å². The number of hydrogen-bond acceptors (Lipinski definition) is 10. The van der Waals surface area contributed by atoms with Crippen molar-refractivity contribution in [2.75, 3.05) is 7.05 Å². The molecule has 2 aliphatic rings. The highest BCUT2D eigenvalue weighted by molar-refractivity contribution is 5.87. The lowest BCUT2D eigenvalue weighted by molar-refractivity contribution is -0.127. The van der Waals surface area contributed by atoms with E-state index in [-0.39, 0.29) is 42.0 Å². The summed E-state index contributed by atoms with van der Waals surface area (Å²) >= 11 is 0. The molecular formula is C25H49N3O7. The second-order valence-electron chi connectivity index (χ2n) is 9.77. The van der Waals surface area contributed by atoms with Crippen molar-refractivity contribution in [2.24, 2.45) is 5.73 Å². The summed E-state index contributed by atoms with van der Waals surface area (Å²) in [7, 11) is 1.93. The third kappa shape index (κ3) is 9.11. The first kappa shape index (κ1) is 35.6. The van der Waals surface area contributed by atoms with E-state index < -0.39 is 22.7 Å². The van der Waals surface area contributed by atoms with Crippen LogP contribution < -0.4 is 11.1 Å². The van der Waals surface area contributed by atoms with Gasteiger partial charge in [-0.15, -0.1) is 0 Å². The summed E-state index contributed by atoms with van der Waals surface area (Å²) in [6, 6.07) is 0. The Kier molecular flexibility index (Phi) is 14.5. The van der Waals surface area contributed by atoms with E-state index in [1.165, 1.54) is 27.7 Å². The zero-order valence-corrected chi connectivity index (χ0v) is 23.9. The highest BCUT2D eigenvalue weighted by atomic mass is 16.5. The molecule has 2 saturated heterocycles. The van der Waals surface area contributed by atoms with Gasteiger partial charge in [-0.25, -0.2) is 0 Å². The number of ether oxygens (including phenoxy) is 2. The molecular weight excluding hydrogens is 454 g/mol. The minimum absolute atomic E-state index is 0.0149. The highest BCUT2D eigenvalue weighted by Gasteiger charge is 2.49. The van der Waals surface area contributed by atoms with Gasteiger partial charge in [-0.2, -0.15) is 0 Å². The zero-order chi connectivity index (χ0) is 28.5. The molecule has 2 fully saturated rings. The molecule has 0 aromatic carbocycles. The summed E-state index contributed by atoms with van der Waals surface area (Å²) in [6.07, 6.45) is -0.0622. The third-order valence-corrected chi connectivity index (χ3v) is 7.27. The Balaban J connectivity index is 0. The van der Waals surface area contributed by atoms with Crippen molar-refractivity contribution >= 4 is 23.6 Å². The van der Waals surface area contributed by atoms with Crippen LogP contribution in [0.2, 0.25) is 0 Å². The molecule has 2 heterocycles. The molecule has 0 saturated carbocycles. The van der Waals surface area contributed by atoms with E-state index in [2.05, 4.69) is 5.32 Å². The summed E-state index contributed by atoms with van der Waals surface area (Å²) in [5.74, 6) is 0.105. The standard InChI is InChI=1S/C9H17NO2.C8H15NO2.C6H13NO2.C2H4O/c1-6(11)9(4)7(2)12-8(3)10(9)5;1-5(10)8(4)6(2)11-7(3)9-8;1-4(8)6(3,7)5(2)9;1-2-3/h7-8H,1-5H3;6-7,9H,1-4H3;4,8H,7H2,1-3H3;2H,1H3. The van der Waals surface area contributed by atoms with Gasteiger partial charge in [-0.1, -0.05) is 0 Å². The maximum absolute atomic E-state index is 11.4. The number of Topliss-reactive ketones (excluding diaryl/α,β-unsaturated/α-hetero) is 3. The number of ketones is 3. The van der Waals surface area contributed by atoms with Gasteiger partial charge < -0.3 is 25.1 Å². The summed E-state index contributed by atoms with van der Waals surface area (Å²) in [4.78, 5) is 44.0. The lowest BCUT2D eigenvalue weighted by atomic mass is 9.91. The van der Waals surface area contributed by atoms with Gasteiger partial charge in [0.05, 0.1) is 23.9 Å². The fourth-order valence-electron chi connectivity index (χ4n) is 3.42. The molecule has 10 nitrogen and oxygen atoms in total. The van der Waals surface area contributed by atoms with Crippen LogP contribution in [0.1, 0.15) is 83.1 Å². The Morgan fingerprint density at radius 1 is 1.06 bits per heavy atom. The number of aliphatic hydroxyl groups is 1.